The van der Waals surface area contributed by atoms with Gasteiger partial charge in [0.15, 0.2) is 0 Å². The highest BCUT2D eigenvalue weighted by molar-refractivity contribution is 5.90. The van der Waals surface area contributed by atoms with Crippen LogP contribution in [-0.4, -0.2) is 34.3 Å². The van der Waals surface area contributed by atoms with Gasteiger partial charge in [-0.2, -0.15) is 4.98 Å². The van der Waals surface area contributed by atoms with Gasteiger partial charge < -0.3 is 14.6 Å². The Kier molecular flexibility index (Phi) is 9.03. The first-order valence-electron chi connectivity index (χ1n) is 11.3. The van der Waals surface area contributed by atoms with E-state index in [1.807, 2.05) is 24.3 Å². The number of aromatic nitrogens is 2. The lowest BCUT2D eigenvalue weighted by Crippen LogP contribution is -2.24. The van der Waals surface area contributed by atoms with Crippen LogP contribution < -0.4 is 15.5 Å². The maximum absolute atomic E-state index is 12.4. The fraction of sp³-hybridized carbons (Fsp3) is 0.565. The SMILES string of the molecule is COc1ccc(CNC(=O)c2noc([C@@H](CCCC3CCCCC3)CC(=O)NO)n2)cc1. The first-order chi connectivity index (χ1) is 15.6. The van der Waals surface area contributed by atoms with Gasteiger partial charge in [-0.05, 0) is 30.0 Å². The number of nitrogens with one attached hydrogen (secondary N) is 2. The topological polar surface area (TPSA) is 127 Å². The van der Waals surface area contributed by atoms with Gasteiger partial charge in [0.25, 0.3) is 11.7 Å². The van der Waals surface area contributed by atoms with Crippen molar-refractivity contribution in [2.75, 3.05) is 7.11 Å². The summed E-state index contributed by atoms with van der Waals surface area (Å²) in [5.41, 5.74) is 2.57. The minimum Gasteiger partial charge on any atom is -0.497 e. The Morgan fingerprint density at radius 2 is 1.97 bits per heavy atom. The molecule has 2 amide bonds. The van der Waals surface area contributed by atoms with Crippen molar-refractivity contribution < 1.29 is 24.1 Å². The summed E-state index contributed by atoms with van der Waals surface area (Å²) < 4.78 is 10.4. The minimum absolute atomic E-state index is 0.0241. The van der Waals surface area contributed by atoms with E-state index in [1.54, 1.807) is 12.6 Å². The standard InChI is InChI=1S/C23H32N4O5/c1-31-19-12-10-17(11-13-19)15-24-22(29)21-25-23(32-27-21)18(14-20(28)26-30)9-5-8-16-6-3-2-4-7-16/h10-13,16,18,30H,2-9,14-15H2,1H3,(H,24,29)(H,26,28)/t18-/m0/s1. The van der Waals surface area contributed by atoms with Crippen molar-refractivity contribution >= 4 is 11.8 Å². The highest BCUT2D eigenvalue weighted by Gasteiger charge is 2.25. The van der Waals surface area contributed by atoms with Gasteiger partial charge in [-0.3, -0.25) is 14.8 Å². The smallest absolute Gasteiger partial charge is 0.292 e. The number of amides is 2. The van der Waals surface area contributed by atoms with Crippen LogP contribution in [0.2, 0.25) is 0 Å². The number of nitrogens with zero attached hydrogens (tertiary/aromatic N) is 2. The van der Waals surface area contributed by atoms with E-state index in [9.17, 15) is 9.59 Å². The summed E-state index contributed by atoms with van der Waals surface area (Å²) in [6.45, 7) is 0.310. The summed E-state index contributed by atoms with van der Waals surface area (Å²) in [6.07, 6.45) is 9.16. The monoisotopic (exact) mass is 444 g/mol. The minimum atomic E-state index is -0.517. The molecule has 9 nitrogen and oxygen atoms in total. The third-order valence-electron chi connectivity index (χ3n) is 6.05. The first kappa shape index (κ1) is 23.7. The van der Waals surface area contributed by atoms with Crippen LogP contribution in [0.25, 0.3) is 0 Å². The summed E-state index contributed by atoms with van der Waals surface area (Å²) in [6, 6.07) is 7.35. The maximum atomic E-state index is 12.4. The highest BCUT2D eigenvalue weighted by Crippen LogP contribution is 2.31. The Morgan fingerprint density at radius 3 is 2.66 bits per heavy atom. The predicted octanol–water partition coefficient (Wildman–Crippen LogP) is 3.74. The Bertz CT molecular complexity index is 862. The number of hydrogen-bond donors (Lipinski definition) is 3. The van der Waals surface area contributed by atoms with E-state index in [2.05, 4.69) is 15.5 Å². The number of hydroxylamine groups is 1. The molecule has 0 aliphatic heterocycles. The fourth-order valence-electron chi connectivity index (χ4n) is 4.21. The molecule has 1 saturated carbocycles. The molecule has 1 aliphatic rings. The Hall–Kier alpha value is -2.94. The number of ether oxygens (including phenoxy) is 1. The van der Waals surface area contributed by atoms with Crippen molar-refractivity contribution in [1.82, 2.24) is 20.9 Å². The predicted molar refractivity (Wildman–Crippen MR) is 116 cm³/mol. The van der Waals surface area contributed by atoms with Gasteiger partial charge in [0.2, 0.25) is 11.8 Å². The van der Waals surface area contributed by atoms with Crippen molar-refractivity contribution in [2.45, 2.75) is 70.3 Å². The molecular formula is C23H32N4O5. The summed E-state index contributed by atoms with van der Waals surface area (Å²) in [7, 11) is 1.60. The van der Waals surface area contributed by atoms with Crippen LogP contribution in [-0.2, 0) is 11.3 Å². The van der Waals surface area contributed by atoms with Crippen LogP contribution in [0.3, 0.4) is 0 Å². The van der Waals surface area contributed by atoms with Crippen molar-refractivity contribution in [3.8, 4) is 5.75 Å². The maximum Gasteiger partial charge on any atom is 0.292 e. The van der Waals surface area contributed by atoms with Gasteiger partial charge in [0.1, 0.15) is 5.75 Å². The largest absolute Gasteiger partial charge is 0.497 e. The van der Waals surface area contributed by atoms with Crippen molar-refractivity contribution in [2.24, 2.45) is 5.92 Å². The lowest BCUT2D eigenvalue weighted by molar-refractivity contribution is -0.129. The van der Waals surface area contributed by atoms with Gasteiger partial charge in [0.05, 0.1) is 7.11 Å². The Balaban J connectivity index is 1.55. The molecule has 1 aliphatic carbocycles. The number of benzene rings is 1. The number of carbonyl (C=O) groups excluding carboxylic acids is 2. The summed E-state index contributed by atoms with van der Waals surface area (Å²) in [5.74, 6) is 0.325. The molecule has 174 valence electrons. The molecular weight excluding hydrogens is 412 g/mol. The molecule has 0 unspecified atom stereocenters. The number of rotatable bonds is 11. The molecule has 9 heteroatoms. The van der Waals surface area contributed by atoms with Crippen LogP contribution in [0.5, 0.6) is 5.75 Å². The van der Waals surface area contributed by atoms with E-state index in [4.69, 9.17) is 14.5 Å². The van der Waals surface area contributed by atoms with Crippen molar-refractivity contribution in [3.05, 3.63) is 41.5 Å². The number of hydrogen-bond acceptors (Lipinski definition) is 7. The lowest BCUT2D eigenvalue weighted by atomic mass is 9.84. The van der Waals surface area contributed by atoms with Gasteiger partial charge in [-0.25, -0.2) is 5.48 Å². The molecule has 0 bridgehead atoms. The van der Waals surface area contributed by atoms with Crippen LogP contribution >= 0.6 is 0 Å². The van der Waals surface area contributed by atoms with E-state index in [0.29, 0.717) is 13.0 Å². The van der Waals surface area contributed by atoms with E-state index in [0.717, 1.165) is 30.1 Å². The molecule has 3 N–H and O–H groups in total. The molecule has 0 spiro atoms. The summed E-state index contributed by atoms with van der Waals surface area (Å²) >= 11 is 0. The zero-order valence-corrected chi connectivity index (χ0v) is 18.5. The molecule has 1 aromatic heterocycles. The number of carbonyl (C=O) groups is 2. The normalized spacial score (nSPS) is 15.2. The second-order valence-electron chi connectivity index (χ2n) is 8.36. The fourth-order valence-corrected chi connectivity index (χ4v) is 4.21. The average molecular weight is 445 g/mol. The summed E-state index contributed by atoms with van der Waals surface area (Å²) in [4.78, 5) is 28.4. The van der Waals surface area contributed by atoms with Crippen LogP contribution in [0.15, 0.2) is 28.8 Å². The Labute approximate surface area is 187 Å². The highest BCUT2D eigenvalue weighted by atomic mass is 16.5. The van der Waals surface area contributed by atoms with Crippen LogP contribution in [0, 0.1) is 5.92 Å². The lowest BCUT2D eigenvalue weighted by Gasteiger charge is -2.22. The second-order valence-corrected chi connectivity index (χ2v) is 8.36. The Morgan fingerprint density at radius 1 is 1.22 bits per heavy atom. The first-order valence-corrected chi connectivity index (χ1v) is 11.3. The van der Waals surface area contributed by atoms with E-state index < -0.39 is 11.8 Å². The van der Waals surface area contributed by atoms with Gasteiger partial charge in [-0.1, -0.05) is 62.2 Å². The molecule has 1 fully saturated rings. The zero-order valence-electron chi connectivity index (χ0n) is 18.5. The molecule has 3 rings (SSSR count). The molecule has 2 aromatic rings. The van der Waals surface area contributed by atoms with Crippen molar-refractivity contribution in [3.63, 3.8) is 0 Å². The molecule has 0 saturated heterocycles. The molecule has 1 aromatic carbocycles. The van der Waals surface area contributed by atoms with Gasteiger partial charge >= 0.3 is 0 Å². The summed E-state index contributed by atoms with van der Waals surface area (Å²) in [5, 5.41) is 15.5. The zero-order chi connectivity index (χ0) is 22.8. The molecule has 1 heterocycles. The average Bonchev–Trinajstić information content (AvgIpc) is 3.33. The van der Waals surface area contributed by atoms with E-state index >= 15 is 0 Å². The molecule has 1 atom stereocenters. The van der Waals surface area contributed by atoms with Gasteiger partial charge in [0, 0.05) is 18.9 Å². The molecule has 32 heavy (non-hydrogen) atoms. The third kappa shape index (κ3) is 7.05. The second kappa shape index (κ2) is 12.2. The van der Waals surface area contributed by atoms with Crippen LogP contribution in [0.1, 0.15) is 85.8 Å². The third-order valence-corrected chi connectivity index (χ3v) is 6.05. The number of methoxy groups -OCH3 is 1. The van der Waals surface area contributed by atoms with Crippen molar-refractivity contribution in [1.29, 1.82) is 0 Å². The van der Waals surface area contributed by atoms with Gasteiger partial charge in [-0.15, -0.1) is 0 Å². The van der Waals surface area contributed by atoms with Crippen LogP contribution in [0.4, 0.5) is 0 Å². The molecule has 0 radical (unpaired) electrons. The van der Waals surface area contributed by atoms with E-state index in [-0.39, 0.29) is 24.1 Å². The quantitative estimate of drug-likeness (QED) is 0.356. The van der Waals surface area contributed by atoms with E-state index in [1.165, 1.54) is 32.1 Å².